The van der Waals surface area contributed by atoms with Crippen molar-refractivity contribution in [3.63, 3.8) is 0 Å². The highest BCUT2D eigenvalue weighted by atomic mass is 16.2. The summed E-state index contributed by atoms with van der Waals surface area (Å²) < 4.78 is 0. The van der Waals surface area contributed by atoms with Gasteiger partial charge in [0.1, 0.15) is 0 Å². The highest BCUT2D eigenvalue weighted by Gasteiger charge is 2.28. The number of hydrogen-bond donors (Lipinski definition) is 1. The van der Waals surface area contributed by atoms with Gasteiger partial charge in [-0.3, -0.25) is 4.79 Å². The fourth-order valence-electron chi connectivity index (χ4n) is 2.50. The standard InChI is InChI=1S/C15H22N2O/c1-10-4-5-13(6-11(10)2)15(18)17(3)9-12-7-14(16)8-12/h4-6,12,14H,7-9,16H2,1-3H3. The van der Waals surface area contributed by atoms with Crippen molar-refractivity contribution in [2.24, 2.45) is 11.7 Å². The zero-order valence-electron chi connectivity index (χ0n) is 11.4. The van der Waals surface area contributed by atoms with Gasteiger partial charge < -0.3 is 10.6 Å². The number of nitrogens with zero attached hydrogens (tertiary/aromatic N) is 1. The lowest BCUT2D eigenvalue weighted by Crippen LogP contribution is -2.43. The van der Waals surface area contributed by atoms with Crippen LogP contribution in [0.25, 0.3) is 0 Å². The van der Waals surface area contributed by atoms with Crippen LogP contribution < -0.4 is 5.73 Å². The van der Waals surface area contributed by atoms with E-state index in [-0.39, 0.29) is 5.91 Å². The second kappa shape index (κ2) is 5.11. The summed E-state index contributed by atoms with van der Waals surface area (Å²) in [6.07, 6.45) is 2.09. The molecule has 0 aliphatic heterocycles. The fourth-order valence-corrected chi connectivity index (χ4v) is 2.50. The van der Waals surface area contributed by atoms with Crippen LogP contribution in [0.15, 0.2) is 18.2 Å². The maximum Gasteiger partial charge on any atom is 0.253 e. The molecule has 0 aromatic heterocycles. The number of hydrogen-bond acceptors (Lipinski definition) is 2. The Morgan fingerprint density at radius 2 is 2.00 bits per heavy atom. The predicted molar refractivity (Wildman–Crippen MR) is 73.6 cm³/mol. The molecule has 1 aliphatic carbocycles. The number of aryl methyl sites for hydroxylation is 2. The first-order chi connectivity index (χ1) is 8.47. The summed E-state index contributed by atoms with van der Waals surface area (Å²) >= 11 is 0. The summed E-state index contributed by atoms with van der Waals surface area (Å²) in [4.78, 5) is 14.1. The van der Waals surface area contributed by atoms with Gasteiger partial charge in [0.05, 0.1) is 0 Å². The average molecular weight is 246 g/mol. The zero-order chi connectivity index (χ0) is 13.3. The Labute approximate surface area is 109 Å². The summed E-state index contributed by atoms with van der Waals surface area (Å²) in [6, 6.07) is 6.24. The lowest BCUT2D eigenvalue weighted by molar-refractivity contribution is 0.0734. The van der Waals surface area contributed by atoms with Gasteiger partial charge in [0.2, 0.25) is 0 Å². The Morgan fingerprint density at radius 1 is 1.33 bits per heavy atom. The van der Waals surface area contributed by atoms with Crippen molar-refractivity contribution >= 4 is 5.91 Å². The van der Waals surface area contributed by atoms with Crippen molar-refractivity contribution in [3.05, 3.63) is 34.9 Å². The molecule has 2 N–H and O–H groups in total. The number of rotatable bonds is 3. The summed E-state index contributed by atoms with van der Waals surface area (Å²) in [5, 5.41) is 0. The number of carbonyl (C=O) groups is 1. The van der Waals surface area contributed by atoms with E-state index < -0.39 is 0 Å². The number of benzene rings is 1. The molecule has 2 rings (SSSR count). The Morgan fingerprint density at radius 3 is 2.56 bits per heavy atom. The summed E-state index contributed by atoms with van der Waals surface area (Å²) in [5.74, 6) is 0.694. The van der Waals surface area contributed by atoms with Crippen molar-refractivity contribution in [1.82, 2.24) is 4.90 Å². The summed E-state index contributed by atoms with van der Waals surface area (Å²) in [5.41, 5.74) is 8.93. The van der Waals surface area contributed by atoms with E-state index >= 15 is 0 Å². The molecule has 1 amide bonds. The van der Waals surface area contributed by atoms with Gasteiger partial charge in [0.15, 0.2) is 0 Å². The maximum absolute atomic E-state index is 12.3. The van der Waals surface area contributed by atoms with Gasteiger partial charge in [-0.1, -0.05) is 6.07 Å². The molecule has 0 bridgehead atoms. The summed E-state index contributed by atoms with van der Waals surface area (Å²) in [6.45, 7) is 4.92. The van der Waals surface area contributed by atoms with Crippen molar-refractivity contribution in [2.45, 2.75) is 32.7 Å². The number of nitrogens with two attached hydrogens (primary N) is 1. The average Bonchev–Trinajstić information content (AvgIpc) is 2.29. The van der Waals surface area contributed by atoms with Gasteiger partial charge >= 0.3 is 0 Å². The molecule has 0 saturated heterocycles. The van der Waals surface area contributed by atoms with Crippen molar-refractivity contribution in [2.75, 3.05) is 13.6 Å². The zero-order valence-corrected chi connectivity index (χ0v) is 11.4. The summed E-state index contributed by atoms with van der Waals surface area (Å²) in [7, 11) is 1.88. The third kappa shape index (κ3) is 2.72. The molecule has 3 nitrogen and oxygen atoms in total. The van der Waals surface area contributed by atoms with Crippen LogP contribution in [0.1, 0.15) is 34.3 Å². The van der Waals surface area contributed by atoms with Crippen LogP contribution in [-0.2, 0) is 0 Å². The molecule has 0 unspecified atom stereocenters. The lowest BCUT2D eigenvalue weighted by Gasteiger charge is -2.35. The number of carbonyl (C=O) groups excluding carboxylic acids is 1. The molecule has 0 radical (unpaired) electrons. The largest absolute Gasteiger partial charge is 0.341 e. The number of amides is 1. The van der Waals surface area contributed by atoms with Crippen LogP contribution in [0.5, 0.6) is 0 Å². The smallest absolute Gasteiger partial charge is 0.253 e. The normalized spacial score (nSPS) is 22.4. The van der Waals surface area contributed by atoms with E-state index in [0.29, 0.717) is 12.0 Å². The second-order valence-corrected chi connectivity index (χ2v) is 5.58. The van der Waals surface area contributed by atoms with E-state index in [1.807, 2.05) is 37.1 Å². The molecule has 98 valence electrons. The minimum absolute atomic E-state index is 0.110. The fraction of sp³-hybridized carbons (Fsp3) is 0.533. The van der Waals surface area contributed by atoms with Crippen LogP contribution in [0.3, 0.4) is 0 Å². The quantitative estimate of drug-likeness (QED) is 0.888. The van der Waals surface area contributed by atoms with Crippen LogP contribution in [0, 0.1) is 19.8 Å². The molecule has 1 fully saturated rings. The molecule has 0 spiro atoms. The Balaban J connectivity index is 1.99. The monoisotopic (exact) mass is 246 g/mol. The highest BCUT2D eigenvalue weighted by molar-refractivity contribution is 5.94. The molecule has 1 aromatic carbocycles. The molecule has 0 atom stereocenters. The van der Waals surface area contributed by atoms with Gasteiger partial charge in [0.25, 0.3) is 5.91 Å². The molecular weight excluding hydrogens is 224 g/mol. The maximum atomic E-state index is 12.3. The highest BCUT2D eigenvalue weighted by Crippen LogP contribution is 2.26. The van der Waals surface area contributed by atoms with Crippen LogP contribution in [0.4, 0.5) is 0 Å². The van der Waals surface area contributed by atoms with Crippen LogP contribution >= 0.6 is 0 Å². The van der Waals surface area contributed by atoms with E-state index in [4.69, 9.17) is 5.73 Å². The molecule has 0 heterocycles. The van der Waals surface area contributed by atoms with E-state index in [1.165, 1.54) is 11.1 Å². The van der Waals surface area contributed by atoms with Gasteiger partial charge in [-0.2, -0.15) is 0 Å². The van der Waals surface area contributed by atoms with Gasteiger partial charge in [-0.05, 0) is 55.9 Å². The topological polar surface area (TPSA) is 46.3 Å². The van der Waals surface area contributed by atoms with Crippen LogP contribution in [-0.4, -0.2) is 30.4 Å². The minimum Gasteiger partial charge on any atom is -0.341 e. The van der Waals surface area contributed by atoms with Crippen LogP contribution in [0.2, 0.25) is 0 Å². The van der Waals surface area contributed by atoms with E-state index in [2.05, 4.69) is 6.92 Å². The Bertz CT molecular complexity index is 450. The van der Waals surface area contributed by atoms with Gasteiger partial charge in [-0.25, -0.2) is 0 Å². The first-order valence-corrected chi connectivity index (χ1v) is 6.55. The Hall–Kier alpha value is -1.35. The molecule has 3 heteroatoms. The molecule has 1 aromatic rings. The van der Waals surface area contributed by atoms with Crippen molar-refractivity contribution in [1.29, 1.82) is 0 Å². The molecular formula is C15H22N2O. The molecule has 18 heavy (non-hydrogen) atoms. The lowest BCUT2D eigenvalue weighted by atomic mass is 9.80. The first kappa shape index (κ1) is 13.1. The second-order valence-electron chi connectivity index (χ2n) is 5.58. The van der Waals surface area contributed by atoms with Crippen molar-refractivity contribution in [3.8, 4) is 0 Å². The van der Waals surface area contributed by atoms with E-state index in [9.17, 15) is 4.79 Å². The van der Waals surface area contributed by atoms with E-state index in [0.717, 1.165) is 24.9 Å². The Kier molecular flexibility index (Phi) is 3.71. The van der Waals surface area contributed by atoms with Gasteiger partial charge in [0, 0.05) is 25.2 Å². The van der Waals surface area contributed by atoms with Crippen molar-refractivity contribution < 1.29 is 4.79 Å². The third-order valence-corrected chi connectivity index (χ3v) is 3.90. The van der Waals surface area contributed by atoms with Gasteiger partial charge in [-0.15, -0.1) is 0 Å². The SMILES string of the molecule is Cc1ccc(C(=O)N(C)CC2CC(N)C2)cc1C. The van der Waals surface area contributed by atoms with E-state index in [1.54, 1.807) is 0 Å². The predicted octanol–water partition coefficient (Wildman–Crippen LogP) is 2.11. The minimum atomic E-state index is 0.110. The molecule has 1 aliphatic rings. The third-order valence-electron chi connectivity index (χ3n) is 3.90. The molecule has 1 saturated carbocycles. The first-order valence-electron chi connectivity index (χ1n) is 6.55.